The number of benzene rings is 1. The SMILES string of the molecule is Cc1cccc2nc(C(C)C)nc(N)c12. The van der Waals surface area contributed by atoms with Crippen LogP contribution in [0.4, 0.5) is 5.82 Å². The Morgan fingerprint density at radius 2 is 1.93 bits per heavy atom. The second-order valence-electron chi connectivity index (χ2n) is 4.09. The highest BCUT2D eigenvalue weighted by Gasteiger charge is 2.09. The number of rotatable bonds is 1. The third kappa shape index (κ3) is 1.65. The zero-order valence-corrected chi connectivity index (χ0v) is 9.28. The maximum Gasteiger partial charge on any atom is 0.135 e. The van der Waals surface area contributed by atoms with Gasteiger partial charge in [-0.3, -0.25) is 0 Å². The van der Waals surface area contributed by atoms with Crippen molar-refractivity contribution < 1.29 is 0 Å². The van der Waals surface area contributed by atoms with E-state index in [2.05, 4.69) is 23.8 Å². The fraction of sp³-hybridized carbons (Fsp3) is 0.333. The summed E-state index contributed by atoms with van der Waals surface area (Å²) < 4.78 is 0. The van der Waals surface area contributed by atoms with Gasteiger partial charge in [0, 0.05) is 11.3 Å². The van der Waals surface area contributed by atoms with Gasteiger partial charge < -0.3 is 5.73 Å². The van der Waals surface area contributed by atoms with Crippen LogP contribution < -0.4 is 5.73 Å². The Kier molecular flexibility index (Phi) is 2.31. The minimum atomic E-state index is 0.303. The summed E-state index contributed by atoms with van der Waals surface area (Å²) in [6.45, 7) is 6.16. The molecule has 2 aromatic rings. The summed E-state index contributed by atoms with van der Waals surface area (Å²) in [5.41, 5.74) is 8.01. The quantitative estimate of drug-likeness (QED) is 0.771. The number of aromatic nitrogens is 2. The van der Waals surface area contributed by atoms with Crippen LogP contribution in [0.5, 0.6) is 0 Å². The van der Waals surface area contributed by atoms with Gasteiger partial charge in [-0.05, 0) is 18.6 Å². The van der Waals surface area contributed by atoms with Gasteiger partial charge in [-0.1, -0.05) is 26.0 Å². The number of fused-ring (bicyclic) bond motifs is 1. The monoisotopic (exact) mass is 201 g/mol. The Hall–Kier alpha value is -1.64. The number of anilines is 1. The number of hydrogen-bond acceptors (Lipinski definition) is 3. The average molecular weight is 201 g/mol. The molecule has 0 unspecified atom stereocenters. The predicted octanol–water partition coefficient (Wildman–Crippen LogP) is 2.64. The van der Waals surface area contributed by atoms with Crippen LogP contribution in [0.3, 0.4) is 0 Å². The Morgan fingerprint density at radius 3 is 2.60 bits per heavy atom. The van der Waals surface area contributed by atoms with Gasteiger partial charge in [-0.2, -0.15) is 0 Å². The Morgan fingerprint density at radius 1 is 1.20 bits per heavy atom. The van der Waals surface area contributed by atoms with Crippen molar-refractivity contribution in [3.63, 3.8) is 0 Å². The van der Waals surface area contributed by atoms with Gasteiger partial charge in [0.05, 0.1) is 5.52 Å². The Labute approximate surface area is 89.4 Å². The highest BCUT2D eigenvalue weighted by Crippen LogP contribution is 2.23. The van der Waals surface area contributed by atoms with E-state index in [1.165, 1.54) is 0 Å². The molecule has 2 N–H and O–H groups in total. The maximum absolute atomic E-state index is 5.94. The van der Waals surface area contributed by atoms with Crippen LogP contribution in [0, 0.1) is 6.92 Å². The maximum atomic E-state index is 5.94. The van der Waals surface area contributed by atoms with Crippen molar-refractivity contribution in [3.05, 3.63) is 29.6 Å². The molecule has 0 aliphatic heterocycles. The molecule has 0 amide bonds. The summed E-state index contributed by atoms with van der Waals surface area (Å²) in [6.07, 6.45) is 0. The number of nitrogens with two attached hydrogens (primary N) is 1. The third-order valence-corrected chi connectivity index (χ3v) is 2.49. The molecule has 3 nitrogen and oxygen atoms in total. The lowest BCUT2D eigenvalue weighted by atomic mass is 10.1. The highest BCUT2D eigenvalue weighted by atomic mass is 14.9. The second kappa shape index (κ2) is 3.50. The molecule has 0 saturated heterocycles. The lowest BCUT2D eigenvalue weighted by Gasteiger charge is -2.09. The van der Waals surface area contributed by atoms with E-state index in [-0.39, 0.29) is 0 Å². The molecule has 0 radical (unpaired) electrons. The van der Waals surface area contributed by atoms with Crippen LogP contribution in [0.25, 0.3) is 10.9 Å². The predicted molar refractivity (Wildman–Crippen MR) is 62.8 cm³/mol. The molecule has 0 spiro atoms. The van der Waals surface area contributed by atoms with E-state index < -0.39 is 0 Å². The topological polar surface area (TPSA) is 51.8 Å². The van der Waals surface area contributed by atoms with E-state index in [1.54, 1.807) is 0 Å². The molecule has 1 aromatic heterocycles. The van der Waals surface area contributed by atoms with Crippen molar-refractivity contribution in [1.29, 1.82) is 0 Å². The molecule has 15 heavy (non-hydrogen) atoms. The second-order valence-corrected chi connectivity index (χ2v) is 4.09. The zero-order valence-electron chi connectivity index (χ0n) is 9.28. The number of nitrogens with zero attached hydrogens (tertiary/aromatic N) is 2. The number of hydrogen-bond donors (Lipinski definition) is 1. The van der Waals surface area contributed by atoms with Crippen LogP contribution in [-0.4, -0.2) is 9.97 Å². The fourth-order valence-corrected chi connectivity index (χ4v) is 1.66. The number of nitrogen functional groups attached to an aromatic ring is 1. The number of aryl methyl sites for hydroxylation is 1. The smallest absolute Gasteiger partial charge is 0.135 e. The molecular formula is C12H15N3. The Bertz CT molecular complexity index is 503. The molecule has 78 valence electrons. The first-order valence-electron chi connectivity index (χ1n) is 5.12. The first-order valence-corrected chi connectivity index (χ1v) is 5.12. The van der Waals surface area contributed by atoms with Crippen molar-refractivity contribution in [3.8, 4) is 0 Å². The Balaban J connectivity index is 2.78. The van der Waals surface area contributed by atoms with Gasteiger partial charge in [0.2, 0.25) is 0 Å². The molecular weight excluding hydrogens is 186 g/mol. The third-order valence-electron chi connectivity index (χ3n) is 2.49. The van der Waals surface area contributed by atoms with E-state index in [4.69, 9.17) is 5.73 Å². The highest BCUT2D eigenvalue weighted by molar-refractivity contribution is 5.90. The first kappa shape index (κ1) is 9.90. The minimum absolute atomic E-state index is 0.303. The molecule has 3 heteroatoms. The van der Waals surface area contributed by atoms with Crippen molar-refractivity contribution in [2.24, 2.45) is 0 Å². The molecule has 0 fully saturated rings. The summed E-state index contributed by atoms with van der Waals surface area (Å²) in [7, 11) is 0. The lowest BCUT2D eigenvalue weighted by Crippen LogP contribution is -2.03. The van der Waals surface area contributed by atoms with E-state index >= 15 is 0 Å². The average Bonchev–Trinajstić information content (AvgIpc) is 2.17. The van der Waals surface area contributed by atoms with Gasteiger partial charge in [-0.15, -0.1) is 0 Å². The van der Waals surface area contributed by atoms with Crippen LogP contribution in [-0.2, 0) is 0 Å². The summed E-state index contributed by atoms with van der Waals surface area (Å²) in [4.78, 5) is 8.83. The molecule has 0 saturated carbocycles. The molecule has 0 atom stereocenters. The molecule has 1 heterocycles. The molecule has 0 aliphatic carbocycles. The van der Waals surface area contributed by atoms with Crippen molar-refractivity contribution in [2.45, 2.75) is 26.7 Å². The standard InChI is InChI=1S/C12H15N3/c1-7(2)12-14-9-6-4-5-8(3)10(9)11(13)15-12/h4-7H,1-3H3,(H2,13,14,15). The molecule has 2 rings (SSSR count). The summed E-state index contributed by atoms with van der Waals surface area (Å²) >= 11 is 0. The summed E-state index contributed by atoms with van der Waals surface area (Å²) in [5, 5.41) is 0.974. The van der Waals surface area contributed by atoms with Crippen LogP contribution >= 0.6 is 0 Å². The molecule has 1 aromatic carbocycles. The molecule has 0 aliphatic rings. The van der Waals surface area contributed by atoms with Crippen molar-refractivity contribution in [1.82, 2.24) is 9.97 Å². The van der Waals surface area contributed by atoms with Crippen LogP contribution in [0.2, 0.25) is 0 Å². The minimum Gasteiger partial charge on any atom is -0.383 e. The van der Waals surface area contributed by atoms with Crippen LogP contribution in [0.1, 0.15) is 31.2 Å². The summed E-state index contributed by atoms with van der Waals surface area (Å²) in [5.74, 6) is 1.70. The lowest BCUT2D eigenvalue weighted by molar-refractivity contribution is 0.785. The fourth-order valence-electron chi connectivity index (χ4n) is 1.66. The van der Waals surface area contributed by atoms with Gasteiger partial charge >= 0.3 is 0 Å². The normalized spacial score (nSPS) is 11.2. The van der Waals surface area contributed by atoms with Crippen molar-refractivity contribution in [2.75, 3.05) is 5.73 Å². The molecule has 0 bridgehead atoms. The largest absolute Gasteiger partial charge is 0.383 e. The van der Waals surface area contributed by atoms with Gasteiger partial charge in [0.15, 0.2) is 0 Å². The van der Waals surface area contributed by atoms with E-state index in [1.807, 2.05) is 25.1 Å². The first-order chi connectivity index (χ1) is 7.09. The van der Waals surface area contributed by atoms with Gasteiger partial charge in [0.25, 0.3) is 0 Å². The van der Waals surface area contributed by atoms with Gasteiger partial charge in [-0.25, -0.2) is 9.97 Å². The van der Waals surface area contributed by atoms with Crippen LogP contribution in [0.15, 0.2) is 18.2 Å². The summed E-state index contributed by atoms with van der Waals surface area (Å²) in [6, 6.07) is 6.00. The van der Waals surface area contributed by atoms with E-state index in [0.29, 0.717) is 11.7 Å². The van der Waals surface area contributed by atoms with Gasteiger partial charge in [0.1, 0.15) is 11.6 Å². The van der Waals surface area contributed by atoms with E-state index in [9.17, 15) is 0 Å². The van der Waals surface area contributed by atoms with E-state index in [0.717, 1.165) is 22.3 Å². The van der Waals surface area contributed by atoms with Crippen molar-refractivity contribution >= 4 is 16.7 Å². The zero-order chi connectivity index (χ0) is 11.0.